The maximum atomic E-state index is 12.3. The molecule has 0 radical (unpaired) electrons. The number of amides is 1. The van der Waals surface area contributed by atoms with Gasteiger partial charge in [-0.05, 0) is 24.3 Å². The molecule has 0 unspecified atom stereocenters. The summed E-state index contributed by atoms with van der Waals surface area (Å²) in [4.78, 5) is 18.6. The molecular formula is C21H28N4O2. The average Bonchev–Trinajstić information content (AvgIpc) is 2.69. The molecule has 0 spiro atoms. The molecule has 1 fully saturated rings. The predicted molar refractivity (Wildman–Crippen MR) is 110 cm³/mol. The first-order chi connectivity index (χ1) is 13.1. The van der Waals surface area contributed by atoms with Crippen LogP contribution in [0.4, 0.5) is 11.4 Å². The zero-order valence-electron chi connectivity index (χ0n) is 16.1. The standard InChI is InChI=1S/C21H28N4O2/c1-23(2)21(27)20-18(9-6-10-19(20)26)22-11-12-24-13-15-25(16-14-24)17-7-4-3-5-8-17/h3-10,22,26H,11-16H2,1-2H3. The van der Waals surface area contributed by atoms with Gasteiger partial charge in [0.1, 0.15) is 11.3 Å². The van der Waals surface area contributed by atoms with Gasteiger partial charge in [0.2, 0.25) is 0 Å². The Labute approximate surface area is 161 Å². The highest BCUT2D eigenvalue weighted by molar-refractivity contribution is 6.02. The monoisotopic (exact) mass is 368 g/mol. The van der Waals surface area contributed by atoms with Crippen molar-refractivity contribution in [2.45, 2.75) is 0 Å². The van der Waals surface area contributed by atoms with E-state index in [0.717, 1.165) is 39.3 Å². The fraction of sp³-hybridized carbons (Fsp3) is 0.381. The van der Waals surface area contributed by atoms with Crippen molar-refractivity contribution in [3.05, 3.63) is 54.1 Å². The Morgan fingerprint density at radius 1 is 1.04 bits per heavy atom. The number of carbonyl (C=O) groups is 1. The van der Waals surface area contributed by atoms with Gasteiger partial charge in [0.15, 0.2) is 0 Å². The maximum Gasteiger partial charge on any atom is 0.259 e. The topological polar surface area (TPSA) is 59.1 Å². The SMILES string of the molecule is CN(C)C(=O)c1c(O)cccc1NCCN1CCN(c2ccccc2)CC1. The van der Waals surface area contributed by atoms with Crippen LogP contribution in [-0.4, -0.2) is 74.2 Å². The Bertz CT molecular complexity index is 756. The number of nitrogens with zero attached hydrogens (tertiary/aromatic N) is 3. The largest absolute Gasteiger partial charge is 0.507 e. The number of piperazine rings is 1. The third-order valence-corrected chi connectivity index (χ3v) is 4.90. The first-order valence-electron chi connectivity index (χ1n) is 9.36. The predicted octanol–water partition coefficient (Wildman–Crippen LogP) is 2.33. The molecule has 2 aromatic rings. The van der Waals surface area contributed by atoms with Crippen LogP contribution in [0, 0.1) is 0 Å². The van der Waals surface area contributed by atoms with Crippen LogP contribution in [0.3, 0.4) is 0 Å². The second-order valence-electron chi connectivity index (χ2n) is 6.99. The fourth-order valence-electron chi connectivity index (χ4n) is 3.35. The summed E-state index contributed by atoms with van der Waals surface area (Å²) < 4.78 is 0. The zero-order chi connectivity index (χ0) is 19.2. The van der Waals surface area contributed by atoms with Gasteiger partial charge in [-0.3, -0.25) is 9.69 Å². The summed E-state index contributed by atoms with van der Waals surface area (Å²) in [6.07, 6.45) is 0. The minimum absolute atomic E-state index is 0.00942. The second-order valence-corrected chi connectivity index (χ2v) is 6.99. The highest BCUT2D eigenvalue weighted by Gasteiger charge is 2.19. The van der Waals surface area contributed by atoms with Gasteiger partial charge in [-0.2, -0.15) is 0 Å². The summed E-state index contributed by atoms with van der Waals surface area (Å²) in [5.74, 6) is -0.192. The van der Waals surface area contributed by atoms with Gasteiger partial charge in [0.25, 0.3) is 5.91 Å². The van der Waals surface area contributed by atoms with Crippen molar-refractivity contribution >= 4 is 17.3 Å². The van der Waals surface area contributed by atoms with Crippen LogP contribution in [0.25, 0.3) is 0 Å². The Hall–Kier alpha value is -2.73. The number of carbonyl (C=O) groups excluding carboxylic acids is 1. The Kier molecular flexibility index (Phi) is 6.19. The Morgan fingerprint density at radius 3 is 2.41 bits per heavy atom. The van der Waals surface area contributed by atoms with Crippen LogP contribution in [-0.2, 0) is 0 Å². The van der Waals surface area contributed by atoms with Gasteiger partial charge in [0.05, 0.1) is 5.69 Å². The van der Waals surface area contributed by atoms with E-state index in [9.17, 15) is 9.90 Å². The first kappa shape index (κ1) is 19.0. The first-order valence-corrected chi connectivity index (χ1v) is 9.36. The van der Waals surface area contributed by atoms with Gasteiger partial charge in [-0.25, -0.2) is 0 Å². The minimum Gasteiger partial charge on any atom is -0.507 e. The summed E-state index contributed by atoms with van der Waals surface area (Å²) >= 11 is 0. The quantitative estimate of drug-likeness (QED) is 0.820. The van der Waals surface area contributed by atoms with Crippen LogP contribution in [0.5, 0.6) is 5.75 Å². The molecule has 144 valence electrons. The van der Waals surface area contributed by atoms with Crippen molar-refractivity contribution in [1.82, 2.24) is 9.80 Å². The van der Waals surface area contributed by atoms with Crippen molar-refractivity contribution in [3.63, 3.8) is 0 Å². The molecule has 1 amide bonds. The summed E-state index contributed by atoms with van der Waals surface area (Å²) in [7, 11) is 3.37. The molecule has 0 aromatic heterocycles. The third-order valence-electron chi connectivity index (χ3n) is 4.90. The van der Waals surface area contributed by atoms with Crippen molar-refractivity contribution in [2.24, 2.45) is 0 Å². The zero-order valence-corrected chi connectivity index (χ0v) is 16.1. The number of nitrogens with one attached hydrogen (secondary N) is 1. The van der Waals surface area contributed by atoms with Crippen molar-refractivity contribution in [2.75, 3.05) is 63.6 Å². The number of hydrogen-bond donors (Lipinski definition) is 2. The van der Waals surface area contributed by atoms with E-state index in [0.29, 0.717) is 11.3 Å². The fourth-order valence-corrected chi connectivity index (χ4v) is 3.35. The Morgan fingerprint density at radius 2 is 1.74 bits per heavy atom. The molecule has 1 aliphatic heterocycles. The summed E-state index contributed by atoms with van der Waals surface area (Å²) in [6, 6.07) is 15.6. The number of aromatic hydroxyl groups is 1. The van der Waals surface area contributed by atoms with Crippen molar-refractivity contribution in [1.29, 1.82) is 0 Å². The van der Waals surface area contributed by atoms with Crippen LogP contribution < -0.4 is 10.2 Å². The molecule has 0 bridgehead atoms. The lowest BCUT2D eigenvalue weighted by Gasteiger charge is -2.36. The van der Waals surface area contributed by atoms with E-state index in [1.807, 2.05) is 12.1 Å². The third kappa shape index (κ3) is 4.71. The van der Waals surface area contributed by atoms with Gasteiger partial charge < -0.3 is 20.2 Å². The van der Waals surface area contributed by atoms with Gasteiger partial charge in [-0.1, -0.05) is 24.3 Å². The number of phenols is 1. The van der Waals surface area contributed by atoms with Crippen LogP contribution >= 0.6 is 0 Å². The number of hydrogen-bond acceptors (Lipinski definition) is 5. The number of phenolic OH excluding ortho intramolecular Hbond substituents is 1. The molecular weight excluding hydrogens is 340 g/mol. The van der Waals surface area contributed by atoms with Crippen LogP contribution in [0.1, 0.15) is 10.4 Å². The van der Waals surface area contributed by atoms with E-state index in [1.165, 1.54) is 10.6 Å². The molecule has 0 atom stereocenters. The molecule has 2 aromatic carbocycles. The average molecular weight is 368 g/mol. The molecule has 0 saturated carbocycles. The number of anilines is 2. The molecule has 1 saturated heterocycles. The van der Waals surface area contributed by atoms with Crippen LogP contribution in [0.15, 0.2) is 48.5 Å². The van der Waals surface area contributed by atoms with E-state index >= 15 is 0 Å². The summed E-state index contributed by atoms with van der Waals surface area (Å²) in [5.41, 5.74) is 2.29. The van der Waals surface area contributed by atoms with Crippen LogP contribution in [0.2, 0.25) is 0 Å². The lowest BCUT2D eigenvalue weighted by molar-refractivity contribution is 0.0825. The van der Waals surface area contributed by atoms with Crippen molar-refractivity contribution in [3.8, 4) is 5.75 Å². The molecule has 1 aliphatic rings. The molecule has 6 heteroatoms. The van der Waals surface area contributed by atoms with E-state index < -0.39 is 0 Å². The maximum absolute atomic E-state index is 12.3. The number of rotatable bonds is 6. The van der Waals surface area contributed by atoms with Gasteiger partial charge >= 0.3 is 0 Å². The minimum atomic E-state index is -0.202. The van der Waals surface area contributed by atoms with E-state index in [-0.39, 0.29) is 11.7 Å². The van der Waals surface area contributed by atoms with Gasteiger partial charge in [0, 0.05) is 59.1 Å². The molecule has 2 N–H and O–H groups in total. The molecule has 6 nitrogen and oxygen atoms in total. The number of para-hydroxylation sites is 1. The van der Waals surface area contributed by atoms with E-state index in [2.05, 4.69) is 39.4 Å². The lowest BCUT2D eigenvalue weighted by atomic mass is 10.1. The summed E-state index contributed by atoms with van der Waals surface area (Å²) in [6.45, 7) is 5.68. The lowest BCUT2D eigenvalue weighted by Crippen LogP contribution is -2.47. The molecule has 3 rings (SSSR count). The molecule has 27 heavy (non-hydrogen) atoms. The van der Waals surface area contributed by atoms with Crippen molar-refractivity contribution < 1.29 is 9.90 Å². The molecule has 0 aliphatic carbocycles. The van der Waals surface area contributed by atoms with E-state index in [1.54, 1.807) is 26.2 Å². The Balaban J connectivity index is 1.51. The highest BCUT2D eigenvalue weighted by Crippen LogP contribution is 2.26. The smallest absolute Gasteiger partial charge is 0.259 e. The summed E-state index contributed by atoms with van der Waals surface area (Å²) in [5, 5.41) is 13.4. The number of benzene rings is 2. The molecule has 1 heterocycles. The normalized spacial score (nSPS) is 14.8. The van der Waals surface area contributed by atoms with E-state index in [4.69, 9.17) is 0 Å². The van der Waals surface area contributed by atoms with Gasteiger partial charge in [-0.15, -0.1) is 0 Å². The highest BCUT2D eigenvalue weighted by atomic mass is 16.3. The second kappa shape index (κ2) is 8.77.